The van der Waals surface area contributed by atoms with Crippen molar-refractivity contribution >= 4 is 12.4 Å². The summed E-state index contributed by atoms with van der Waals surface area (Å²) in [4.78, 5) is 0. The third-order valence-electron chi connectivity index (χ3n) is 2.01. The summed E-state index contributed by atoms with van der Waals surface area (Å²) < 4.78 is 26.0. The van der Waals surface area contributed by atoms with Crippen molar-refractivity contribution in [1.82, 2.24) is 0 Å². The second kappa shape index (κ2) is 5.82. The van der Waals surface area contributed by atoms with Crippen molar-refractivity contribution in [3.05, 3.63) is 41.5 Å². The fourth-order valence-corrected chi connectivity index (χ4v) is 1.42. The van der Waals surface area contributed by atoms with E-state index in [9.17, 15) is 13.9 Å². The summed E-state index contributed by atoms with van der Waals surface area (Å²) in [5, 5.41) is 9.37. The monoisotopic (exact) mass is 249 g/mol. The maximum absolute atomic E-state index is 13.3. The zero-order valence-corrected chi connectivity index (χ0v) is 9.65. The highest BCUT2D eigenvalue weighted by molar-refractivity contribution is 5.85. The molecule has 1 atom stereocenters. The van der Waals surface area contributed by atoms with Crippen molar-refractivity contribution in [3.8, 4) is 5.75 Å². The van der Waals surface area contributed by atoms with Gasteiger partial charge in [-0.15, -0.1) is 19.0 Å². The van der Waals surface area contributed by atoms with Gasteiger partial charge in [-0.25, -0.2) is 8.78 Å². The van der Waals surface area contributed by atoms with Crippen LogP contribution in [0.15, 0.2) is 24.3 Å². The smallest absolute Gasteiger partial charge is 0.134 e. The molecular weight excluding hydrogens is 236 g/mol. The van der Waals surface area contributed by atoms with Crippen LogP contribution in [-0.2, 0) is 0 Å². The minimum atomic E-state index is -0.832. The molecule has 2 nitrogen and oxygen atoms in total. The molecule has 0 heterocycles. The van der Waals surface area contributed by atoms with Crippen LogP contribution >= 0.6 is 12.4 Å². The molecule has 0 saturated carbocycles. The minimum Gasteiger partial charge on any atom is -0.507 e. The van der Waals surface area contributed by atoms with Crippen LogP contribution in [0.4, 0.5) is 8.78 Å². The van der Waals surface area contributed by atoms with Crippen LogP contribution in [0.2, 0.25) is 0 Å². The number of hydrogen-bond acceptors (Lipinski definition) is 2. The highest BCUT2D eigenvalue weighted by atomic mass is 35.5. The van der Waals surface area contributed by atoms with Crippen molar-refractivity contribution in [2.24, 2.45) is 5.73 Å². The number of phenolic OH excluding ortho intramolecular Hbond substituents is 1. The molecule has 0 aromatic heterocycles. The molecule has 0 spiro atoms. The third kappa shape index (κ3) is 3.47. The maximum Gasteiger partial charge on any atom is 0.134 e. The summed E-state index contributed by atoms with van der Waals surface area (Å²) in [6.07, 6.45) is 0.343. The first kappa shape index (κ1) is 14.9. The highest BCUT2D eigenvalue weighted by Crippen LogP contribution is 2.29. The zero-order valence-electron chi connectivity index (χ0n) is 8.84. The molecule has 0 radical (unpaired) electrons. The van der Waals surface area contributed by atoms with Gasteiger partial charge in [0.2, 0.25) is 0 Å². The van der Waals surface area contributed by atoms with Gasteiger partial charge in [-0.05, 0) is 13.3 Å². The van der Waals surface area contributed by atoms with Gasteiger partial charge in [-0.2, -0.15) is 0 Å². The summed E-state index contributed by atoms with van der Waals surface area (Å²) in [7, 11) is 0. The molecule has 3 N–H and O–H groups in total. The normalized spacial score (nSPS) is 11.8. The lowest BCUT2D eigenvalue weighted by Crippen LogP contribution is -2.13. The number of nitrogens with two attached hydrogens (primary N) is 1. The summed E-state index contributed by atoms with van der Waals surface area (Å²) >= 11 is 0. The summed E-state index contributed by atoms with van der Waals surface area (Å²) in [6.45, 7) is 5.39. The Hall–Kier alpha value is -1.13. The molecule has 0 aliphatic rings. The number of benzene rings is 1. The van der Waals surface area contributed by atoms with E-state index in [-0.39, 0.29) is 18.0 Å². The van der Waals surface area contributed by atoms with Gasteiger partial charge in [0.05, 0.1) is 0 Å². The topological polar surface area (TPSA) is 46.2 Å². The largest absolute Gasteiger partial charge is 0.507 e. The predicted octanol–water partition coefficient (Wildman–Crippen LogP) is 3.06. The van der Waals surface area contributed by atoms with E-state index in [0.717, 1.165) is 11.6 Å². The molecule has 90 valence electrons. The van der Waals surface area contributed by atoms with Gasteiger partial charge >= 0.3 is 0 Å². The average molecular weight is 250 g/mol. The van der Waals surface area contributed by atoms with E-state index in [0.29, 0.717) is 12.5 Å². The van der Waals surface area contributed by atoms with Gasteiger partial charge in [0.15, 0.2) is 0 Å². The predicted molar refractivity (Wildman–Crippen MR) is 61.6 cm³/mol. The fourth-order valence-electron chi connectivity index (χ4n) is 1.42. The molecule has 0 saturated heterocycles. The van der Waals surface area contributed by atoms with E-state index in [1.807, 2.05) is 0 Å². The minimum absolute atomic E-state index is 0. The van der Waals surface area contributed by atoms with Crippen LogP contribution in [0.5, 0.6) is 5.75 Å². The zero-order chi connectivity index (χ0) is 11.6. The standard InChI is InChI=1S/C11H13F2NO.ClH/c1-6(2)3-9(14)11-8(13)4-7(12)5-10(11)15;/h4-5,9,15H,1,3,14H2,2H3;1H/t9-;/m0./s1. The molecule has 1 rings (SSSR count). The Kier molecular flexibility index (Phi) is 5.41. The molecular formula is C11H14ClF2NO. The first-order valence-electron chi connectivity index (χ1n) is 4.49. The van der Waals surface area contributed by atoms with E-state index < -0.39 is 23.4 Å². The van der Waals surface area contributed by atoms with Crippen LogP contribution in [0.3, 0.4) is 0 Å². The maximum atomic E-state index is 13.3. The van der Waals surface area contributed by atoms with E-state index in [1.54, 1.807) is 6.92 Å². The first-order chi connectivity index (χ1) is 6.91. The molecule has 0 amide bonds. The van der Waals surface area contributed by atoms with Gasteiger partial charge < -0.3 is 10.8 Å². The average Bonchev–Trinajstić information content (AvgIpc) is 1.99. The molecule has 0 aliphatic carbocycles. The van der Waals surface area contributed by atoms with E-state index in [2.05, 4.69) is 6.58 Å². The molecule has 0 aliphatic heterocycles. The van der Waals surface area contributed by atoms with Gasteiger partial charge in [0.1, 0.15) is 17.4 Å². The Balaban J connectivity index is 0.00000225. The number of phenols is 1. The van der Waals surface area contributed by atoms with Crippen LogP contribution in [0.1, 0.15) is 24.9 Å². The molecule has 1 aromatic rings. The van der Waals surface area contributed by atoms with Crippen LogP contribution < -0.4 is 5.73 Å². The van der Waals surface area contributed by atoms with Gasteiger partial charge in [0, 0.05) is 23.7 Å². The van der Waals surface area contributed by atoms with Gasteiger partial charge in [0.25, 0.3) is 0 Å². The highest BCUT2D eigenvalue weighted by Gasteiger charge is 2.17. The SMILES string of the molecule is C=C(C)C[C@H](N)c1c(O)cc(F)cc1F.Cl. The number of hydrogen-bond donors (Lipinski definition) is 2. The van der Waals surface area contributed by atoms with Gasteiger partial charge in [-0.3, -0.25) is 0 Å². The Morgan fingerprint density at radius 2 is 2.06 bits per heavy atom. The van der Waals surface area contributed by atoms with Crippen LogP contribution in [0.25, 0.3) is 0 Å². The number of rotatable bonds is 3. The van der Waals surface area contributed by atoms with Crippen molar-refractivity contribution in [1.29, 1.82) is 0 Å². The fraction of sp³-hybridized carbons (Fsp3) is 0.273. The summed E-state index contributed by atoms with van der Waals surface area (Å²) in [5.41, 5.74) is 6.36. The Morgan fingerprint density at radius 3 is 2.50 bits per heavy atom. The molecule has 0 bridgehead atoms. The molecule has 16 heavy (non-hydrogen) atoms. The Bertz CT molecular complexity index is 373. The quantitative estimate of drug-likeness (QED) is 0.809. The van der Waals surface area contributed by atoms with Crippen molar-refractivity contribution in [2.75, 3.05) is 0 Å². The molecule has 0 unspecified atom stereocenters. The number of aromatic hydroxyl groups is 1. The summed E-state index contributed by atoms with van der Waals surface area (Å²) in [5.74, 6) is -2.11. The molecule has 0 fully saturated rings. The Labute approximate surface area is 99.2 Å². The van der Waals surface area contributed by atoms with Gasteiger partial charge in [-0.1, -0.05) is 5.57 Å². The van der Waals surface area contributed by atoms with Crippen molar-refractivity contribution < 1.29 is 13.9 Å². The molecule has 1 aromatic carbocycles. The third-order valence-corrected chi connectivity index (χ3v) is 2.01. The van der Waals surface area contributed by atoms with Crippen LogP contribution in [-0.4, -0.2) is 5.11 Å². The van der Waals surface area contributed by atoms with Crippen LogP contribution in [0, 0.1) is 11.6 Å². The lowest BCUT2D eigenvalue weighted by Gasteiger charge is -2.14. The lowest BCUT2D eigenvalue weighted by molar-refractivity contribution is 0.440. The first-order valence-corrected chi connectivity index (χ1v) is 4.49. The van der Waals surface area contributed by atoms with E-state index >= 15 is 0 Å². The van der Waals surface area contributed by atoms with Crippen molar-refractivity contribution in [3.63, 3.8) is 0 Å². The second-order valence-electron chi connectivity index (χ2n) is 3.59. The molecule has 5 heteroatoms. The lowest BCUT2D eigenvalue weighted by atomic mass is 10.00. The Morgan fingerprint density at radius 1 is 1.50 bits per heavy atom. The second-order valence-corrected chi connectivity index (χ2v) is 3.59. The van der Waals surface area contributed by atoms with E-state index in [1.165, 1.54) is 0 Å². The number of halogens is 3. The van der Waals surface area contributed by atoms with E-state index in [4.69, 9.17) is 5.73 Å². The van der Waals surface area contributed by atoms with Crippen molar-refractivity contribution in [2.45, 2.75) is 19.4 Å². The summed E-state index contributed by atoms with van der Waals surface area (Å²) in [6, 6.07) is 0.840.